The second kappa shape index (κ2) is 9.22. The molecule has 1 fully saturated rings. The number of hydrogen-bond acceptors (Lipinski definition) is 5. The number of carbonyl (C=O) groups excluding carboxylic acids is 1. The van der Waals surface area contributed by atoms with Crippen molar-refractivity contribution in [2.45, 2.75) is 32.1 Å². The summed E-state index contributed by atoms with van der Waals surface area (Å²) in [5.74, 6) is -1.82. The standard InChI is InChI=1S/C21H23BrF4N4O2/c1-11-9-30(10-12(2)29(11)3)18-7-16(23)15(22)6-17(18)28-20(31)13-8-27-19(32-4)5-14(13)21(24,25)26/h5-8,11-12H,9-10H2,1-4H3,(H,28,31)/t11-,12+. The zero-order valence-electron chi connectivity index (χ0n) is 17.9. The van der Waals surface area contributed by atoms with Gasteiger partial charge >= 0.3 is 6.18 Å². The van der Waals surface area contributed by atoms with Gasteiger partial charge in [-0.1, -0.05) is 0 Å². The van der Waals surface area contributed by atoms with Crippen LogP contribution in [0.2, 0.25) is 0 Å². The molecule has 2 atom stereocenters. The lowest BCUT2D eigenvalue weighted by atomic mass is 10.1. The zero-order chi connectivity index (χ0) is 23.8. The number of methoxy groups -OCH3 is 1. The summed E-state index contributed by atoms with van der Waals surface area (Å²) in [4.78, 5) is 20.7. The molecule has 1 saturated heterocycles. The molecular weight excluding hydrogens is 496 g/mol. The van der Waals surface area contributed by atoms with E-state index in [1.54, 1.807) is 0 Å². The highest BCUT2D eigenvalue weighted by molar-refractivity contribution is 9.10. The van der Waals surface area contributed by atoms with Gasteiger partial charge in [0.15, 0.2) is 0 Å². The van der Waals surface area contributed by atoms with Gasteiger partial charge in [0.25, 0.3) is 5.91 Å². The molecule has 6 nitrogen and oxygen atoms in total. The Balaban J connectivity index is 2.00. The number of halogens is 5. The van der Waals surface area contributed by atoms with Crippen LogP contribution < -0.4 is 15.0 Å². The first-order valence-corrected chi connectivity index (χ1v) is 10.6. The Bertz CT molecular complexity index is 1010. The molecule has 0 radical (unpaired) electrons. The van der Waals surface area contributed by atoms with Crippen LogP contribution in [-0.4, -0.2) is 55.1 Å². The third-order valence-electron chi connectivity index (χ3n) is 5.63. The van der Waals surface area contributed by atoms with Gasteiger partial charge in [-0.05, 0) is 42.9 Å². The average Bonchev–Trinajstić information content (AvgIpc) is 2.72. The van der Waals surface area contributed by atoms with Gasteiger partial charge in [0.1, 0.15) is 5.82 Å². The molecule has 1 aromatic heterocycles. The summed E-state index contributed by atoms with van der Waals surface area (Å²) in [5, 5.41) is 2.51. The predicted molar refractivity (Wildman–Crippen MR) is 117 cm³/mol. The van der Waals surface area contributed by atoms with Crippen LogP contribution in [0.3, 0.4) is 0 Å². The monoisotopic (exact) mass is 518 g/mol. The van der Waals surface area contributed by atoms with Gasteiger partial charge in [-0.15, -0.1) is 0 Å². The molecule has 2 aromatic rings. The Hall–Kier alpha value is -2.40. The molecule has 0 spiro atoms. The van der Waals surface area contributed by atoms with Gasteiger partial charge in [0.2, 0.25) is 5.88 Å². The van der Waals surface area contributed by atoms with E-state index in [0.717, 1.165) is 6.20 Å². The number of rotatable bonds is 4. The number of alkyl halides is 3. The number of pyridine rings is 1. The molecule has 1 aliphatic heterocycles. The van der Waals surface area contributed by atoms with Gasteiger partial charge in [0.05, 0.1) is 34.1 Å². The maximum Gasteiger partial charge on any atom is 0.417 e. The normalized spacial score (nSPS) is 19.7. The molecule has 1 aromatic carbocycles. The molecular formula is C21H23BrF4N4O2. The summed E-state index contributed by atoms with van der Waals surface area (Å²) < 4.78 is 59.8. The largest absolute Gasteiger partial charge is 0.481 e. The molecule has 32 heavy (non-hydrogen) atoms. The van der Waals surface area contributed by atoms with E-state index in [2.05, 4.69) is 31.1 Å². The third kappa shape index (κ3) is 4.98. The van der Waals surface area contributed by atoms with E-state index in [4.69, 9.17) is 4.74 Å². The number of anilines is 2. The highest BCUT2D eigenvalue weighted by Gasteiger charge is 2.37. The molecule has 1 N–H and O–H groups in total. The average molecular weight is 519 g/mol. The minimum Gasteiger partial charge on any atom is -0.481 e. The molecule has 1 aliphatic rings. The van der Waals surface area contributed by atoms with Gasteiger partial charge < -0.3 is 15.0 Å². The van der Waals surface area contributed by atoms with Crippen molar-refractivity contribution in [3.05, 3.63) is 45.8 Å². The number of likely N-dealkylation sites (N-methyl/N-ethyl adjacent to an activating group) is 1. The lowest BCUT2D eigenvalue weighted by Crippen LogP contribution is -2.55. The quantitative estimate of drug-likeness (QED) is 0.589. The Morgan fingerprint density at radius 1 is 1.22 bits per heavy atom. The zero-order valence-corrected chi connectivity index (χ0v) is 19.5. The fourth-order valence-corrected chi connectivity index (χ4v) is 4.00. The van der Waals surface area contributed by atoms with Crippen molar-refractivity contribution in [2.24, 2.45) is 0 Å². The maximum atomic E-state index is 14.4. The van der Waals surface area contributed by atoms with Crippen molar-refractivity contribution in [2.75, 3.05) is 37.5 Å². The molecule has 3 rings (SSSR count). The smallest absolute Gasteiger partial charge is 0.417 e. The molecule has 0 aliphatic carbocycles. The third-order valence-corrected chi connectivity index (χ3v) is 6.23. The van der Waals surface area contributed by atoms with Crippen LogP contribution in [0.15, 0.2) is 28.9 Å². The number of piperazine rings is 1. The first kappa shape index (κ1) is 24.2. The number of ether oxygens (including phenoxy) is 1. The lowest BCUT2D eigenvalue weighted by molar-refractivity contribution is -0.138. The molecule has 11 heteroatoms. The molecule has 174 valence electrons. The highest BCUT2D eigenvalue weighted by Crippen LogP contribution is 2.36. The van der Waals surface area contributed by atoms with Crippen molar-refractivity contribution in [1.29, 1.82) is 0 Å². The number of nitrogens with zero attached hydrogens (tertiary/aromatic N) is 3. The highest BCUT2D eigenvalue weighted by atomic mass is 79.9. The van der Waals surface area contributed by atoms with E-state index in [0.29, 0.717) is 24.8 Å². The van der Waals surface area contributed by atoms with Crippen molar-refractivity contribution in [3.63, 3.8) is 0 Å². The van der Waals surface area contributed by atoms with Crippen molar-refractivity contribution < 1.29 is 27.1 Å². The number of benzene rings is 1. The Morgan fingerprint density at radius 2 is 1.84 bits per heavy atom. The minimum atomic E-state index is -4.79. The lowest BCUT2D eigenvalue weighted by Gasteiger charge is -2.44. The van der Waals surface area contributed by atoms with Crippen LogP contribution >= 0.6 is 15.9 Å². The summed E-state index contributed by atoms with van der Waals surface area (Å²) in [6, 6.07) is 3.58. The van der Waals surface area contributed by atoms with E-state index in [-0.39, 0.29) is 28.1 Å². The van der Waals surface area contributed by atoms with Gasteiger partial charge in [-0.3, -0.25) is 9.69 Å². The molecule has 0 saturated carbocycles. The van der Waals surface area contributed by atoms with Crippen LogP contribution in [0.25, 0.3) is 0 Å². The van der Waals surface area contributed by atoms with E-state index in [1.807, 2.05) is 25.8 Å². The van der Waals surface area contributed by atoms with E-state index in [9.17, 15) is 22.4 Å². The van der Waals surface area contributed by atoms with Gasteiger partial charge in [0, 0.05) is 43.5 Å². The van der Waals surface area contributed by atoms with Gasteiger partial charge in [-0.2, -0.15) is 13.2 Å². The van der Waals surface area contributed by atoms with E-state index < -0.39 is 29.0 Å². The number of amides is 1. The van der Waals surface area contributed by atoms with Crippen LogP contribution in [0.5, 0.6) is 5.88 Å². The first-order valence-electron chi connectivity index (χ1n) is 9.80. The van der Waals surface area contributed by atoms with Crippen molar-refractivity contribution in [3.8, 4) is 5.88 Å². The molecule has 2 heterocycles. The van der Waals surface area contributed by atoms with E-state index in [1.165, 1.54) is 19.2 Å². The van der Waals surface area contributed by atoms with Crippen LogP contribution in [-0.2, 0) is 6.18 Å². The topological polar surface area (TPSA) is 57.7 Å². The number of carbonyl (C=O) groups is 1. The van der Waals surface area contributed by atoms with Crippen molar-refractivity contribution in [1.82, 2.24) is 9.88 Å². The van der Waals surface area contributed by atoms with E-state index >= 15 is 0 Å². The predicted octanol–water partition coefficient (Wildman–Crippen LogP) is 4.79. The first-order chi connectivity index (χ1) is 14.9. The number of aromatic nitrogens is 1. The molecule has 0 bridgehead atoms. The number of nitrogens with one attached hydrogen (secondary N) is 1. The summed E-state index contributed by atoms with van der Waals surface area (Å²) in [6.07, 6.45) is -3.98. The summed E-state index contributed by atoms with van der Waals surface area (Å²) in [7, 11) is 3.18. The minimum absolute atomic E-state index is 0.0793. The number of hydrogen-bond donors (Lipinski definition) is 1. The Morgan fingerprint density at radius 3 is 2.41 bits per heavy atom. The van der Waals surface area contributed by atoms with Crippen molar-refractivity contribution >= 4 is 33.2 Å². The second-order valence-electron chi connectivity index (χ2n) is 7.78. The van der Waals surface area contributed by atoms with Crippen LogP contribution in [0, 0.1) is 5.82 Å². The molecule has 1 amide bonds. The summed E-state index contributed by atoms with van der Waals surface area (Å²) in [5.41, 5.74) is -1.26. The van der Waals surface area contributed by atoms with Crippen LogP contribution in [0.4, 0.5) is 28.9 Å². The molecule has 0 unspecified atom stereocenters. The maximum absolute atomic E-state index is 14.4. The fraction of sp³-hybridized carbons (Fsp3) is 0.429. The SMILES string of the molecule is COc1cc(C(F)(F)F)c(C(=O)Nc2cc(Br)c(F)cc2N2C[C@@H](C)N(C)[C@@H](C)C2)cn1. The summed E-state index contributed by atoms with van der Waals surface area (Å²) in [6.45, 7) is 5.16. The summed E-state index contributed by atoms with van der Waals surface area (Å²) >= 11 is 3.09. The fourth-order valence-electron chi connectivity index (χ4n) is 3.65. The Kier molecular flexibility index (Phi) is 6.99. The Labute approximate surface area is 191 Å². The van der Waals surface area contributed by atoms with Gasteiger partial charge in [-0.25, -0.2) is 9.37 Å². The van der Waals surface area contributed by atoms with Crippen LogP contribution in [0.1, 0.15) is 29.8 Å². The second-order valence-corrected chi connectivity index (χ2v) is 8.63.